The maximum absolute atomic E-state index is 14.7. The van der Waals surface area contributed by atoms with Gasteiger partial charge >= 0.3 is 12.2 Å². The predicted octanol–water partition coefficient (Wildman–Crippen LogP) is 6.07. The Hall–Kier alpha value is -4.31. The van der Waals surface area contributed by atoms with Gasteiger partial charge in [0, 0.05) is 32.6 Å². The van der Waals surface area contributed by atoms with Crippen molar-refractivity contribution in [3.63, 3.8) is 0 Å². The van der Waals surface area contributed by atoms with Crippen LogP contribution in [-0.2, 0) is 21.3 Å². The van der Waals surface area contributed by atoms with E-state index in [0.29, 0.717) is 44.0 Å². The highest BCUT2D eigenvalue weighted by Crippen LogP contribution is 2.40. The number of benzene rings is 1. The number of halogens is 2. The van der Waals surface area contributed by atoms with E-state index in [1.54, 1.807) is 53.3 Å². The molecule has 3 N–H and O–H groups in total. The summed E-state index contributed by atoms with van der Waals surface area (Å²) in [4.78, 5) is 45.4. The number of nitrogens with zero attached hydrogens (tertiary/aromatic N) is 4. The number of thiazole rings is 1. The zero-order valence-corrected chi connectivity index (χ0v) is 28.8. The number of rotatable bonds is 6. The van der Waals surface area contributed by atoms with E-state index in [4.69, 9.17) is 14.2 Å². The van der Waals surface area contributed by atoms with Gasteiger partial charge in [-0.05, 0) is 66.5 Å². The monoisotopic (exact) mass is 689 g/mol. The number of ether oxygens (including phenoxy) is 3. The van der Waals surface area contributed by atoms with Gasteiger partial charge in [-0.25, -0.2) is 23.4 Å². The Bertz CT molecular complexity index is 1670. The first-order valence-corrected chi connectivity index (χ1v) is 16.4. The van der Waals surface area contributed by atoms with Crippen LogP contribution < -0.4 is 20.9 Å². The maximum atomic E-state index is 14.7. The third-order valence-corrected chi connectivity index (χ3v) is 8.61. The summed E-state index contributed by atoms with van der Waals surface area (Å²) < 4.78 is 48.0. The standard InChI is InChI=1S/C32H41F2N7O6S/c1-30(2,3)46-28(43)36-18-11-13-41(17-32(15-18)12-14-45-32)27-21(16-35-40(27)7)37-24(42)23-26(39-29(44)47-31(4,5)6)48-25(38-23)22-19(33)9-8-10-20(22)34/h8-10,16,18H,11-15,17H2,1-7H3,(H,36,43)(H,37,42)(H,39,44)/t18-,32?/m0/s1. The van der Waals surface area contributed by atoms with Gasteiger partial charge in [-0.2, -0.15) is 5.10 Å². The quantitative estimate of drug-likeness (QED) is 0.280. The summed E-state index contributed by atoms with van der Waals surface area (Å²) in [7, 11) is 1.73. The molecule has 2 fully saturated rings. The number of hydrogen-bond acceptors (Lipinski definition) is 10. The smallest absolute Gasteiger partial charge is 0.412 e. The average molecular weight is 690 g/mol. The minimum atomic E-state index is -0.873. The molecular formula is C32H41F2N7O6S. The Kier molecular flexibility index (Phi) is 9.70. The van der Waals surface area contributed by atoms with Crippen molar-refractivity contribution in [3.8, 4) is 10.6 Å². The molecule has 16 heteroatoms. The Balaban J connectivity index is 1.41. The highest BCUT2D eigenvalue weighted by Gasteiger charge is 2.45. The van der Waals surface area contributed by atoms with Gasteiger partial charge in [0.05, 0.1) is 24.0 Å². The van der Waals surface area contributed by atoms with Gasteiger partial charge in [0.2, 0.25) is 0 Å². The molecule has 0 saturated carbocycles. The van der Waals surface area contributed by atoms with E-state index in [9.17, 15) is 23.2 Å². The van der Waals surface area contributed by atoms with Gasteiger partial charge in [-0.3, -0.25) is 14.8 Å². The number of anilines is 3. The van der Waals surface area contributed by atoms with Crippen molar-refractivity contribution >= 4 is 45.9 Å². The first-order valence-electron chi connectivity index (χ1n) is 15.6. The zero-order chi connectivity index (χ0) is 35.0. The molecule has 2 aliphatic rings. The summed E-state index contributed by atoms with van der Waals surface area (Å²) in [6.45, 7) is 12.0. The predicted molar refractivity (Wildman–Crippen MR) is 176 cm³/mol. The average Bonchev–Trinajstić information content (AvgIpc) is 3.43. The molecule has 0 bridgehead atoms. The number of aromatic nitrogens is 3. The number of nitrogens with one attached hydrogen (secondary N) is 3. The van der Waals surface area contributed by atoms with Crippen molar-refractivity contribution in [1.29, 1.82) is 0 Å². The molecule has 1 unspecified atom stereocenters. The normalized spacial score (nSPS) is 19.7. The summed E-state index contributed by atoms with van der Waals surface area (Å²) in [6, 6.07) is 3.16. The fourth-order valence-electron chi connectivity index (χ4n) is 5.65. The lowest BCUT2D eigenvalue weighted by Crippen LogP contribution is -2.54. The van der Waals surface area contributed by atoms with E-state index < -0.39 is 52.1 Å². The molecule has 2 saturated heterocycles. The van der Waals surface area contributed by atoms with Crippen LogP contribution >= 0.6 is 11.3 Å². The molecule has 3 amide bonds. The first-order chi connectivity index (χ1) is 22.4. The van der Waals surface area contributed by atoms with E-state index in [-0.39, 0.29) is 21.7 Å². The zero-order valence-electron chi connectivity index (χ0n) is 28.0. The van der Waals surface area contributed by atoms with Crippen LogP contribution in [0.3, 0.4) is 0 Å². The lowest BCUT2D eigenvalue weighted by atomic mass is 9.87. The molecule has 5 rings (SSSR count). The summed E-state index contributed by atoms with van der Waals surface area (Å²) >= 11 is 0.737. The number of alkyl carbamates (subject to hydrolysis) is 1. The van der Waals surface area contributed by atoms with Crippen LogP contribution in [0, 0.1) is 11.6 Å². The molecule has 2 aliphatic heterocycles. The molecule has 3 aromatic rings. The Morgan fingerprint density at radius 1 is 1.04 bits per heavy atom. The molecular weight excluding hydrogens is 648 g/mol. The second kappa shape index (κ2) is 13.3. The Labute approximate surface area is 281 Å². The molecule has 4 heterocycles. The fourth-order valence-corrected chi connectivity index (χ4v) is 6.65. The number of carbonyl (C=O) groups is 3. The lowest BCUT2D eigenvalue weighted by Gasteiger charge is -2.44. The summed E-state index contributed by atoms with van der Waals surface area (Å²) in [5.74, 6) is -1.92. The minimum absolute atomic E-state index is 0.0579. The molecule has 2 aromatic heterocycles. The topological polar surface area (TPSA) is 149 Å². The van der Waals surface area contributed by atoms with Crippen LogP contribution in [-0.4, -0.2) is 75.4 Å². The number of hydrogen-bond donors (Lipinski definition) is 3. The van der Waals surface area contributed by atoms with Gasteiger partial charge < -0.3 is 29.7 Å². The molecule has 1 spiro atoms. The molecule has 260 valence electrons. The van der Waals surface area contributed by atoms with Gasteiger partial charge in [0.25, 0.3) is 5.91 Å². The van der Waals surface area contributed by atoms with Crippen LogP contribution in [0.1, 0.15) is 71.3 Å². The fraction of sp³-hybridized carbons (Fsp3) is 0.531. The Morgan fingerprint density at radius 2 is 1.69 bits per heavy atom. The number of amides is 3. The second-order valence-corrected chi connectivity index (χ2v) is 14.9. The van der Waals surface area contributed by atoms with Crippen molar-refractivity contribution in [2.45, 2.75) is 83.6 Å². The van der Waals surface area contributed by atoms with Gasteiger partial charge in [-0.15, -0.1) is 0 Å². The van der Waals surface area contributed by atoms with Crippen molar-refractivity contribution in [2.24, 2.45) is 7.05 Å². The Morgan fingerprint density at radius 3 is 2.29 bits per heavy atom. The van der Waals surface area contributed by atoms with Crippen molar-refractivity contribution in [2.75, 3.05) is 35.2 Å². The van der Waals surface area contributed by atoms with Gasteiger partial charge in [0.15, 0.2) is 11.5 Å². The first kappa shape index (κ1) is 35.0. The molecule has 0 radical (unpaired) electrons. The number of aryl methyl sites for hydroxylation is 1. The SMILES string of the molecule is Cn1ncc(NC(=O)c2nc(-c3c(F)cccc3F)sc2NC(=O)OC(C)(C)C)c1N1CC[C@H](NC(=O)OC(C)(C)C)CC2(CCO2)C1. The molecule has 48 heavy (non-hydrogen) atoms. The van der Waals surface area contributed by atoms with Gasteiger partial charge in [0.1, 0.15) is 38.5 Å². The molecule has 1 aromatic carbocycles. The van der Waals surface area contributed by atoms with Crippen LogP contribution in [0.15, 0.2) is 24.4 Å². The van der Waals surface area contributed by atoms with Crippen molar-refractivity contribution in [1.82, 2.24) is 20.1 Å². The van der Waals surface area contributed by atoms with E-state index in [1.807, 2.05) is 4.90 Å². The van der Waals surface area contributed by atoms with E-state index in [2.05, 4.69) is 26.0 Å². The molecule has 13 nitrogen and oxygen atoms in total. The highest BCUT2D eigenvalue weighted by molar-refractivity contribution is 7.19. The van der Waals surface area contributed by atoms with Crippen LogP contribution in [0.5, 0.6) is 0 Å². The van der Waals surface area contributed by atoms with Crippen molar-refractivity contribution < 1.29 is 37.4 Å². The lowest BCUT2D eigenvalue weighted by molar-refractivity contribution is -0.146. The molecule has 2 atom stereocenters. The third kappa shape index (κ3) is 8.21. The largest absolute Gasteiger partial charge is 0.444 e. The maximum Gasteiger partial charge on any atom is 0.412 e. The summed E-state index contributed by atoms with van der Waals surface area (Å²) in [5, 5.41) is 12.5. The summed E-state index contributed by atoms with van der Waals surface area (Å²) in [6.07, 6.45) is 2.04. The van der Waals surface area contributed by atoms with Gasteiger partial charge in [-0.1, -0.05) is 17.4 Å². The number of carbonyl (C=O) groups excluding carboxylic acids is 3. The summed E-state index contributed by atoms with van der Waals surface area (Å²) in [5.41, 5.74) is -2.38. The van der Waals surface area contributed by atoms with Crippen LogP contribution in [0.4, 0.5) is 34.9 Å². The van der Waals surface area contributed by atoms with E-state index in [1.165, 1.54) is 12.3 Å². The third-order valence-electron chi connectivity index (χ3n) is 7.62. The van der Waals surface area contributed by atoms with Crippen molar-refractivity contribution in [3.05, 3.63) is 41.7 Å². The van der Waals surface area contributed by atoms with Crippen LogP contribution in [0.25, 0.3) is 10.6 Å². The highest BCUT2D eigenvalue weighted by atomic mass is 32.1. The minimum Gasteiger partial charge on any atom is -0.444 e. The van der Waals surface area contributed by atoms with Crippen LogP contribution in [0.2, 0.25) is 0 Å². The second-order valence-electron chi connectivity index (χ2n) is 13.9. The van der Waals surface area contributed by atoms with E-state index in [0.717, 1.165) is 29.9 Å². The van der Waals surface area contributed by atoms with E-state index >= 15 is 0 Å². The molecule has 0 aliphatic carbocycles.